The van der Waals surface area contributed by atoms with E-state index in [0.717, 1.165) is 22.6 Å². The van der Waals surface area contributed by atoms with Crippen LogP contribution < -0.4 is 4.74 Å². The van der Waals surface area contributed by atoms with Crippen LogP contribution in [0.1, 0.15) is 22.4 Å². The van der Waals surface area contributed by atoms with Crippen molar-refractivity contribution in [3.05, 3.63) is 58.9 Å². The summed E-state index contributed by atoms with van der Waals surface area (Å²) in [7, 11) is 0. The van der Waals surface area contributed by atoms with E-state index in [1.165, 1.54) is 5.56 Å². The number of rotatable bonds is 1. The monoisotopic (exact) mass is 280 g/mol. The van der Waals surface area contributed by atoms with Crippen LogP contribution >= 0.6 is 0 Å². The average Bonchev–Trinajstić information content (AvgIpc) is 3.11. The predicted molar refractivity (Wildman–Crippen MR) is 77.8 cm³/mol. The van der Waals surface area contributed by atoms with Crippen molar-refractivity contribution in [1.82, 2.24) is 9.88 Å². The highest BCUT2D eigenvalue weighted by Gasteiger charge is 2.35. The highest BCUT2D eigenvalue weighted by molar-refractivity contribution is 5.83. The molecule has 1 aromatic heterocycles. The summed E-state index contributed by atoms with van der Waals surface area (Å²) in [5.41, 5.74) is 4.48. The maximum atomic E-state index is 12.7. The molecule has 4 rings (SSSR count). The van der Waals surface area contributed by atoms with Crippen molar-refractivity contribution in [2.24, 2.45) is 0 Å². The molecule has 106 valence electrons. The van der Waals surface area contributed by atoms with Crippen molar-refractivity contribution in [3.8, 4) is 5.75 Å². The van der Waals surface area contributed by atoms with Gasteiger partial charge in [-0.15, -0.1) is 0 Å². The van der Waals surface area contributed by atoms with Crippen LogP contribution in [0.2, 0.25) is 0 Å². The Balaban J connectivity index is 1.53. The van der Waals surface area contributed by atoms with Crippen molar-refractivity contribution in [3.63, 3.8) is 0 Å². The Hall–Kier alpha value is -2.36. The molecule has 2 aliphatic rings. The molecule has 4 nitrogen and oxygen atoms in total. The predicted octanol–water partition coefficient (Wildman–Crippen LogP) is 2.24. The van der Waals surface area contributed by atoms with Gasteiger partial charge in [0.1, 0.15) is 5.75 Å². The van der Waals surface area contributed by atoms with Gasteiger partial charge in [0.2, 0.25) is 0 Å². The molecular formula is C17H16N2O2. The number of ether oxygens (including phenoxy) is 1. The third-order valence-corrected chi connectivity index (χ3v) is 4.30. The zero-order valence-electron chi connectivity index (χ0n) is 11.9. The average molecular weight is 280 g/mol. The number of fused-ring (bicyclic) bond motifs is 2. The van der Waals surface area contributed by atoms with Gasteiger partial charge in [-0.3, -0.25) is 9.78 Å². The summed E-state index contributed by atoms with van der Waals surface area (Å²) in [4.78, 5) is 18.8. The molecule has 0 saturated carbocycles. The Bertz CT molecular complexity index is 701. The van der Waals surface area contributed by atoms with E-state index in [1.54, 1.807) is 6.20 Å². The minimum Gasteiger partial charge on any atom is -0.480 e. The van der Waals surface area contributed by atoms with Crippen LogP contribution in [0.5, 0.6) is 5.75 Å². The van der Waals surface area contributed by atoms with Gasteiger partial charge >= 0.3 is 0 Å². The molecule has 0 fully saturated rings. The van der Waals surface area contributed by atoms with Crippen LogP contribution in [-0.4, -0.2) is 21.9 Å². The van der Waals surface area contributed by atoms with E-state index >= 15 is 0 Å². The van der Waals surface area contributed by atoms with Crippen molar-refractivity contribution < 1.29 is 9.53 Å². The van der Waals surface area contributed by atoms with E-state index in [1.807, 2.05) is 29.2 Å². The van der Waals surface area contributed by atoms with Crippen molar-refractivity contribution in [2.45, 2.75) is 32.5 Å². The molecule has 0 N–H and O–H groups in total. The van der Waals surface area contributed by atoms with E-state index in [9.17, 15) is 4.79 Å². The second kappa shape index (κ2) is 4.58. The number of aromatic nitrogens is 1. The first-order valence-corrected chi connectivity index (χ1v) is 7.19. The van der Waals surface area contributed by atoms with E-state index in [0.29, 0.717) is 19.5 Å². The van der Waals surface area contributed by atoms with Crippen LogP contribution in [-0.2, 0) is 24.3 Å². The highest BCUT2D eigenvalue weighted by atomic mass is 16.5. The topological polar surface area (TPSA) is 42.4 Å². The van der Waals surface area contributed by atoms with Gasteiger partial charge in [-0.25, -0.2) is 0 Å². The summed E-state index contributed by atoms with van der Waals surface area (Å²) in [5, 5.41) is 0. The molecule has 2 aliphatic heterocycles. The normalized spacial score (nSPS) is 19.1. The van der Waals surface area contributed by atoms with Crippen LogP contribution in [0.25, 0.3) is 0 Å². The Morgan fingerprint density at radius 2 is 2.19 bits per heavy atom. The number of carbonyl (C=O) groups excluding carboxylic acids is 1. The fourth-order valence-corrected chi connectivity index (χ4v) is 3.12. The van der Waals surface area contributed by atoms with Crippen LogP contribution in [0.4, 0.5) is 0 Å². The van der Waals surface area contributed by atoms with Gasteiger partial charge in [-0.1, -0.05) is 18.2 Å². The number of hydrogen-bond donors (Lipinski definition) is 0. The Morgan fingerprint density at radius 3 is 3.00 bits per heavy atom. The van der Waals surface area contributed by atoms with Gasteiger partial charge in [0.25, 0.3) is 5.91 Å². The summed E-state index contributed by atoms with van der Waals surface area (Å²) < 4.78 is 5.85. The summed E-state index contributed by atoms with van der Waals surface area (Å²) in [6.45, 7) is 3.28. The lowest BCUT2D eigenvalue weighted by atomic mass is 10.0. The van der Waals surface area contributed by atoms with Crippen molar-refractivity contribution in [2.75, 3.05) is 0 Å². The number of carbonyl (C=O) groups is 1. The fraction of sp³-hybridized carbons (Fsp3) is 0.294. The Morgan fingerprint density at radius 1 is 1.29 bits per heavy atom. The van der Waals surface area contributed by atoms with Crippen LogP contribution in [0.15, 0.2) is 36.5 Å². The first-order chi connectivity index (χ1) is 10.2. The summed E-state index contributed by atoms with van der Waals surface area (Å²) >= 11 is 0. The van der Waals surface area contributed by atoms with E-state index < -0.39 is 6.10 Å². The lowest BCUT2D eigenvalue weighted by Crippen LogP contribution is -2.38. The summed E-state index contributed by atoms with van der Waals surface area (Å²) in [6.07, 6.45) is 2.05. The third-order valence-electron chi connectivity index (χ3n) is 4.30. The fourth-order valence-electron chi connectivity index (χ4n) is 3.12. The van der Waals surface area contributed by atoms with E-state index in [2.05, 4.69) is 18.0 Å². The maximum absolute atomic E-state index is 12.7. The summed E-state index contributed by atoms with van der Waals surface area (Å²) in [6, 6.07) is 9.92. The second-order valence-corrected chi connectivity index (χ2v) is 5.67. The molecule has 1 atom stereocenters. The molecule has 3 heterocycles. The smallest absolute Gasteiger partial charge is 0.264 e. The van der Waals surface area contributed by atoms with Crippen LogP contribution in [0, 0.1) is 6.92 Å². The lowest BCUT2D eigenvalue weighted by Gasteiger charge is -2.19. The molecule has 0 spiro atoms. The van der Waals surface area contributed by atoms with Gasteiger partial charge in [0.15, 0.2) is 6.10 Å². The number of benzene rings is 1. The van der Waals surface area contributed by atoms with Gasteiger partial charge in [0.05, 0.1) is 12.2 Å². The minimum atomic E-state index is -0.393. The third kappa shape index (κ3) is 1.98. The zero-order valence-corrected chi connectivity index (χ0v) is 11.9. The first-order valence-electron chi connectivity index (χ1n) is 7.19. The number of pyridine rings is 1. The minimum absolute atomic E-state index is 0.0589. The lowest BCUT2D eigenvalue weighted by molar-refractivity contribution is -0.138. The van der Waals surface area contributed by atoms with Gasteiger partial charge < -0.3 is 9.64 Å². The first kappa shape index (κ1) is 12.4. The maximum Gasteiger partial charge on any atom is 0.264 e. The molecule has 1 aromatic carbocycles. The molecule has 1 amide bonds. The largest absolute Gasteiger partial charge is 0.480 e. The van der Waals surface area contributed by atoms with Crippen LogP contribution in [0.3, 0.4) is 0 Å². The summed E-state index contributed by atoms with van der Waals surface area (Å²) in [5.74, 6) is 0.909. The number of amides is 1. The number of hydrogen-bond acceptors (Lipinski definition) is 3. The molecule has 0 aliphatic carbocycles. The molecule has 2 aromatic rings. The molecule has 0 saturated heterocycles. The van der Waals surface area contributed by atoms with E-state index in [4.69, 9.17) is 4.74 Å². The quantitative estimate of drug-likeness (QED) is 0.804. The standard InChI is InChI=1S/C17H16N2O2/c1-11-4-2-6-15-13(11)8-16(21-15)17(20)19-9-12-5-3-7-18-14(12)10-19/h2-7,16H,8-10H2,1H3. The highest BCUT2D eigenvalue weighted by Crippen LogP contribution is 2.33. The number of aryl methyl sites for hydroxylation is 1. The SMILES string of the molecule is Cc1cccc2c1CC(C(=O)N1Cc3cccnc3C1)O2. The van der Waals surface area contributed by atoms with E-state index in [-0.39, 0.29) is 5.91 Å². The van der Waals surface area contributed by atoms with Gasteiger partial charge in [0, 0.05) is 24.7 Å². The second-order valence-electron chi connectivity index (χ2n) is 5.67. The molecular weight excluding hydrogens is 264 g/mol. The number of nitrogens with zero attached hydrogens (tertiary/aromatic N) is 2. The molecule has 0 radical (unpaired) electrons. The van der Waals surface area contributed by atoms with Gasteiger partial charge in [-0.05, 0) is 30.2 Å². The van der Waals surface area contributed by atoms with Gasteiger partial charge in [-0.2, -0.15) is 0 Å². The Kier molecular flexibility index (Phi) is 2.70. The van der Waals surface area contributed by atoms with Crippen molar-refractivity contribution in [1.29, 1.82) is 0 Å². The zero-order chi connectivity index (χ0) is 14.4. The molecule has 21 heavy (non-hydrogen) atoms. The molecule has 1 unspecified atom stereocenters. The molecule has 4 heteroatoms. The van der Waals surface area contributed by atoms with Crippen molar-refractivity contribution >= 4 is 5.91 Å². The molecule has 0 bridgehead atoms. The Labute approximate surface area is 123 Å².